The van der Waals surface area contributed by atoms with E-state index in [1.165, 1.54) is 0 Å². The molecule has 1 fully saturated rings. The fourth-order valence-corrected chi connectivity index (χ4v) is 2.58. The summed E-state index contributed by atoms with van der Waals surface area (Å²) in [4.78, 5) is 23.9. The summed E-state index contributed by atoms with van der Waals surface area (Å²) in [6.45, 7) is 1.98. The van der Waals surface area contributed by atoms with Gasteiger partial charge in [-0.2, -0.15) is 0 Å². The molecule has 0 saturated heterocycles. The van der Waals surface area contributed by atoms with Crippen molar-refractivity contribution >= 4 is 35.2 Å². The first-order valence-electron chi connectivity index (χ1n) is 6.89. The van der Waals surface area contributed by atoms with Crippen molar-refractivity contribution in [3.63, 3.8) is 0 Å². The maximum Gasteiger partial charge on any atom is 0.412 e. The van der Waals surface area contributed by atoms with Crippen molar-refractivity contribution in [2.24, 2.45) is 5.92 Å². The van der Waals surface area contributed by atoms with Crippen LogP contribution in [-0.2, 0) is 9.53 Å². The summed E-state index contributed by atoms with van der Waals surface area (Å²) in [6, 6.07) is 9.68. The van der Waals surface area contributed by atoms with Gasteiger partial charge in [0.2, 0.25) is 0 Å². The molecule has 5 heteroatoms. The molecule has 4 nitrogen and oxygen atoms in total. The largest absolute Gasteiger partial charge is 0.450 e. The van der Waals surface area contributed by atoms with Gasteiger partial charge in [0.1, 0.15) is 0 Å². The van der Waals surface area contributed by atoms with E-state index >= 15 is 0 Å². The number of ether oxygens (including phenoxy) is 1. The van der Waals surface area contributed by atoms with Gasteiger partial charge in [0.15, 0.2) is 5.78 Å². The van der Waals surface area contributed by atoms with E-state index in [2.05, 4.69) is 5.32 Å². The number of hydrogen-bond acceptors (Lipinski definition) is 4. The second-order valence-corrected chi connectivity index (χ2v) is 5.19. The highest BCUT2D eigenvalue weighted by Gasteiger charge is 2.33. The molecule has 21 heavy (non-hydrogen) atoms. The zero-order valence-corrected chi connectivity index (χ0v) is 12.6. The average molecular weight is 303 g/mol. The number of ketones is 1. The molecule has 0 aliphatic heterocycles. The number of amides is 1. The maximum atomic E-state index is 12.3. The van der Waals surface area contributed by atoms with Crippen molar-refractivity contribution in [2.45, 2.75) is 19.8 Å². The monoisotopic (exact) mass is 303 g/mol. The first kappa shape index (κ1) is 15.4. The van der Waals surface area contributed by atoms with Gasteiger partial charge in [0, 0.05) is 0 Å². The lowest BCUT2D eigenvalue weighted by Gasteiger charge is -2.10. The third-order valence-corrected chi connectivity index (χ3v) is 3.68. The smallest absolute Gasteiger partial charge is 0.412 e. The third kappa shape index (κ3) is 3.98. The standard InChI is InChI=1S/C16H17NO3S/c1-2-20-16(19)17-15(21)13-9-8-12(14(13)18)10-11-6-4-3-5-7-11/h3-7,10,13H,2,8-9H2,1H3,(H,17,19,21)/b12-10+. The molecule has 0 spiro atoms. The van der Waals surface area contributed by atoms with E-state index in [-0.39, 0.29) is 17.4 Å². The van der Waals surface area contributed by atoms with E-state index in [0.717, 1.165) is 11.1 Å². The number of rotatable bonds is 3. The van der Waals surface area contributed by atoms with E-state index in [1.54, 1.807) is 6.92 Å². The molecule has 0 radical (unpaired) electrons. The number of carbonyl (C=O) groups excluding carboxylic acids is 2. The van der Waals surface area contributed by atoms with Gasteiger partial charge in [-0.05, 0) is 37.0 Å². The van der Waals surface area contributed by atoms with Crippen LogP contribution in [0, 0.1) is 5.92 Å². The molecule has 0 heterocycles. The van der Waals surface area contributed by atoms with Gasteiger partial charge in [-0.25, -0.2) is 4.79 Å². The number of carbonyl (C=O) groups is 2. The molecule has 110 valence electrons. The highest BCUT2D eigenvalue weighted by molar-refractivity contribution is 7.80. The maximum absolute atomic E-state index is 12.3. The molecule has 1 amide bonds. The molecule has 2 rings (SSSR count). The normalized spacial score (nSPS) is 19.6. The zero-order chi connectivity index (χ0) is 15.2. The van der Waals surface area contributed by atoms with Gasteiger partial charge in [0.25, 0.3) is 0 Å². The Labute approximate surface area is 129 Å². The minimum Gasteiger partial charge on any atom is -0.450 e. The van der Waals surface area contributed by atoms with Gasteiger partial charge in [-0.1, -0.05) is 42.5 Å². The van der Waals surface area contributed by atoms with Crippen LogP contribution in [-0.4, -0.2) is 23.5 Å². The minimum absolute atomic E-state index is 0.0133. The molecule has 1 aliphatic rings. The topological polar surface area (TPSA) is 55.4 Å². The zero-order valence-electron chi connectivity index (χ0n) is 11.8. The van der Waals surface area contributed by atoms with Crippen molar-refractivity contribution in [3.05, 3.63) is 41.5 Å². The molecular weight excluding hydrogens is 286 g/mol. The van der Waals surface area contributed by atoms with Crippen LogP contribution in [0.2, 0.25) is 0 Å². The van der Waals surface area contributed by atoms with Crippen LogP contribution in [0.15, 0.2) is 35.9 Å². The Balaban J connectivity index is 2.03. The van der Waals surface area contributed by atoms with Gasteiger partial charge in [-0.15, -0.1) is 0 Å². The highest BCUT2D eigenvalue weighted by atomic mass is 32.1. The van der Waals surface area contributed by atoms with Crippen molar-refractivity contribution in [2.75, 3.05) is 6.61 Å². The van der Waals surface area contributed by atoms with Crippen molar-refractivity contribution in [1.82, 2.24) is 5.32 Å². The predicted molar refractivity (Wildman–Crippen MR) is 84.9 cm³/mol. The quantitative estimate of drug-likeness (QED) is 0.688. The van der Waals surface area contributed by atoms with Crippen molar-refractivity contribution in [1.29, 1.82) is 0 Å². The summed E-state index contributed by atoms with van der Waals surface area (Å²) in [5.74, 6) is -0.444. The van der Waals surface area contributed by atoms with Gasteiger partial charge >= 0.3 is 6.09 Å². The molecule has 1 atom stereocenters. The summed E-state index contributed by atoms with van der Waals surface area (Å²) < 4.78 is 4.77. The van der Waals surface area contributed by atoms with Gasteiger partial charge in [0.05, 0.1) is 17.5 Å². The summed E-state index contributed by atoms with van der Waals surface area (Å²) in [7, 11) is 0. The number of alkyl carbamates (subject to hydrolysis) is 1. The Bertz CT molecular complexity index is 580. The molecule has 1 aromatic rings. The number of nitrogens with one attached hydrogen (secondary N) is 1. The summed E-state index contributed by atoms with van der Waals surface area (Å²) in [5, 5.41) is 2.46. The van der Waals surface area contributed by atoms with E-state index < -0.39 is 12.0 Å². The SMILES string of the molecule is CCOC(=O)NC(=S)C1CC/C(=C\c2ccccc2)C1=O. The molecule has 1 aromatic carbocycles. The minimum atomic E-state index is -0.601. The van der Waals surface area contributed by atoms with Gasteiger partial charge in [-0.3, -0.25) is 10.1 Å². The predicted octanol–water partition coefficient (Wildman–Crippen LogP) is 3.12. The first-order valence-corrected chi connectivity index (χ1v) is 7.30. The van der Waals surface area contributed by atoms with Crippen molar-refractivity contribution in [3.8, 4) is 0 Å². The van der Waals surface area contributed by atoms with Crippen LogP contribution in [0.5, 0.6) is 0 Å². The van der Waals surface area contributed by atoms with Crippen LogP contribution >= 0.6 is 12.2 Å². The molecular formula is C16H17NO3S. The van der Waals surface area contributed by atoms with Gasteiger partial charge < -0.3 is 4.74 Å². The molecule has 0 bridgehead atoms. The number of hydrogen-bond donors (Lipinski definition) is 1. The third-order valence-electron chi connectivity index (χ3n) is 3.29. The van der Waals surface area contributed by atoms with E-state index in [1.807, 2.05) is 36.4 Å². The Morgan fingerprint density at radius 3 is 2.81 bits per heavy atom. The number of thiocarbonyl (C=S) groups is 1. The summed E-state index contributed by atoms with van der Waals surface area (Å²) in [6.07, 6.45) is 2.58. The Morgan fingerprint density at radius 2 is 2.14 bits per heavy atom. The fourth-order valence-electron chi connectivity index (χ4n) is 2.28. The fraction of sp³-hybridized carbons (Fsp3) is 0.312. The van der Waals surface area contributed by atoms with Crippen LogP contribution in [0.4, 0.5) is 4.79 Å². The lowest BCUT2D eigenvalue weighted by Crippen LogP contribution is -2.36. The van der Waals surface area contributed by atoms with Crippen LogP contribution in [0.3, 0.4) is 0 Å². The second kappa shape index (κ2) is 7.13. The highest BCUT2D eigenvalue weighted by Crippen LogP contribution is 2.29. The van der Waals surface area contributed by atoms with Crippen LogP contribution in [0.1, 0.15) is 25.3 Å². The molecule has 1 aliphatic carbocycles. The van der Waals surface area contributed by atoms with E-state index in [9.17, 15) is 9.59 Å². The summed E-state index contributed by atoms with van der Waals surface area (Å²) in [5.41, 5.74) is 1.74. The first-order chi connectivity index (χ1) is 10.1. The number of Topliss-reactive ketones (excluding diaryl/α,β-unsaturated/α-hetero) is 1. The molecule has 1 saturated carbocycles. The van der Waals surface area contributed by atoms with Crippen LogP contribution in [0.25, 0.3) is 6.08 Å². The van der Waals surface area contributed by atoms with Crippen molar-refractivity contribution < 1.29 is 14.3 Å². The Morgan fingerprint density at radius 1 is 1.43 bits per heavy atom. The molecule has 1 unspecified atom stereocenters. The average Bonchev–Trinajstić information content (AvgIpc) is 2.81. The second-order valence-electron chi connectivity index (χ2n) is 4.75. The lowest BCUT2D eigenvalue weighted by atomic mass is 10.0. The Kier molecular flexibility index (Phi) is 5.22. The molecule has 1 N–H and O–H groups in total. The molecule has 0 aromatic heterocycles. The lowest BCUT2D eigenvalue weighted by molar-refractivity contribution is -0.116. The van der Waals surface area contributed by atoms with E-state index in [4.69, 9.17) is 17.0 Å². The van der Waals surface area contributed by atoms with Crippen LogP contribution < -0.4 is 5.32 Å². The Hall–Kier alpha value is -2.01. The number of benzene rings is 1. The number of allylic oxidation sites excluding steroid dienone is 1. The summed E-state index contributed by atoms with van der Waals surface area (Å²) >= 11 is 5.14. The van der Waals surface area contributed by atoms with E-state index in [0.29, 0.717) is 12.8 Å².